The second-order valence-electron chi connectivity index (χ2n) is 9.24. The molecule has 2 aliphatic rings. The van der Waals surface area contributed by atoms with E-state index in [2.05, 4.69) is 11.4 Å². The van der Waals surface area contributed by atoms with E-state index in [1.54, 1.807) is 23.5 Å². The largest absolute Gasteiger partial charge is 0.491 e. The summed E-state index contributed by atoms with van der Waals surface area (Å²) in [5, 5.41) is 36.6. The fourth-order valence-corrected chi connectivity index (χ4v) is 6.63. The fraction of sp³-hybridized carbons (Fsp3) is 0.276. The van der Waals surface area contributed by atoms with Gasteiger partial charge in [-0.05, 0) is 42.7 Å². The van der Waals surface area contributed by atoms with Gasteiger partial charge in [0.2, 0.25) is 0 Å². The van der Waals surface area contributed by atoms with Crippen molar-refractivity contribution in [3.05, 3.63) is 92.1 Å². The van der Waals surface area contributed by atoms with Crippen molar-refractivity contribution in [2.24, 2.45) is 0 Å². The van der Waals surface area contributed by atoms with Gasteiger partial charge in [-0.25, -0.2) is 4.98 Å². The summed E-state index contributed by atoms with van der Waals surface area (Å²) in [6.07, 6.45) is 1.02. The molecule has 0 saturated carbocycles. The highest BCUT2D eigenvalue weighted by atomic mass is 35.5. The number of carbonyl (C=O) groups is 1. The normalized spacial score (nSPS) is 17.9. The van der Waals surface area contributed by atoms with Crippen molar-refractivity contribution in [2.45, 2.75) is 37.0 Å². The number of allylic oxidation sites excluding steroid dienone is 3. The first-order chi connectivity index (χ1) is 19.0. The van der Waals surface area contributed by atoms with E-state index in [4.69, 9.17) is 26.4 Å². The van der Waals surface area contributed by atoms with Gasteiger partial charge in [-0.1, -0.05) is 35.9 Å². The molecule has 5 rings (SSSR count). The third kappa shape index (κ3) is 6.21. The first-order valence-electron chi connectivity index (χ1n) is 12.5. The topological polar surface area (TPSA) is 115 Å². The molecule has 1 aliphatic heterocycles. The number of halogens is 1. The Morgan fingerprint density at radius 2 is 1.97 bits per heavy atom. The molecule has 1 unspecified atom stereocenters. The van der Waals surface area contributed by atoms with Crippen LogP contribution in [0.15, 0.2) is 75.8 Å². The van der Waals surface area contributed by atoms with Crippen LogP contribution in [0.1, 0.15) is 36.4 Å². The fourth-order valence-electron chi connectivity index (χ4n) is 4.62. The van der Waals surface area contributed by atoms with Gasteiger partial charge in [0.05, 0.1) is 34.9 Å². The number of nitriles is 1. The van der Waals surface area contributed by atoms with Crippen molar-refractivity contribution in [1.29, 1.82) is 5.26 Å². The molecule has 3 aromatic rings. The lowest BCUT2D eigenvalue weighted by Gasteiger charge is -2.33. The number of hydrogen-bond donors (Lipinski definition) is 3. The molecule has 7 nitrogen and oxygen atoms in total. The molecule has 0 saturated heterocycles. The minimum absolute atomic E-state index is 0.0303. The van der Waals surface area contributed by atoms with Gasteiger partial charge in [0.25, 0.3) is 0 Å². The number of aliphatic hydroxyl groups excluding tert-OH is 2. The Kier molecular flexibility index (Phi) is 8.70. The van der Waals surface area contributed by atoms with Crippen molar-refractivity contribution in [3.63, 3.8) is 0 Å². The summed E-state index contributed by atoms with van der Waals surface area (Å²) in [7, 11) is 0. The van der Waals surface area contributed by atoms with Crippen LogP contribution < -0.4 is 10.1 Å². The van der Waals surface area contributed by atoms with E-state index in [0.29, 0.717) is 34.1 Å². The number of dihydropyridines is 1. The first-order valence-corrected chi connectivity index (χ1v) is 14.7. The third-order valence-corrected chi connectivity index (χ3v) is 8.78. The Morgan fingerprint density at radius 3 is 2.69 bits per heavy atom. The third-order valence-electron chi connectivity index (χ3n) is 6.54. The van der Waals surface area contributed by atoms with Crippen molar-refractivity contribution < 1.29 is 19.7 Å². The number of hydrogen-bond acceptors (Lipinski definition) is 9. The highest BCUT2D eigenvalue weighted by molar-refractivity contribution is 8.02. The number of benzene rings is 2. The average molecular weight is 580 g/mol. The lowest BCUT2D eigenvalue weighted by atomic mass is 9.77. The predicted molar refractivity (Wildman–Crippen MR) is 153 cm³/mol. The summed E-state index contributed by atoms with van der Waals surface area (Å²) in [6, 6.07) is 17.2. The number of nitrogens with zero attached hydrogens (tertiary/aromatic N) is 2. The molecule has 0 amide bonds. The summed E-state index contributed by atoms with van der Waals surface area (Å²) in [4.78, 5) is 17.8. The number of rotatable bonds is 9. The highest BCUT2D eigenvalue weighted by Gasteiger charge is 2.37. The van der Waals surface area contributed by atoms with Gasteiger partial charge in [-0.2, -0.15) is 5.26 Å². The van der Waals surface area contributed by atoms with Crippen LogP contribution in [-0.4, -0.2) is 40.3 Å². The van der Waals surface area contributed by atoms with Crippen LogP contribution >= 0.6 is 34.7 Å². The van der Waals surface area contributed by atoms with E-state index < -0.39 is 12.0 Å². The van der Waals surface area contributed by atoms with E-state index in [-0.39, 0.29) is 19.0 Å². The van der Waals surface area contributed by atoms with Crippen molar-refractivity contribution >= 4 is 40.5 Å². The Hall–Kier alpha value is -3.13. The van der Waals surface area contributed by atoms with E-state index in [0.717, 1.165) is 45.4 Å². The van der Waals surface area contributed by atoms with E-state index >= 15 is 0 Å². The zero-order valence-corrected chi connectivity index (χ0v) is 23.3. The Balaban J connectivity index is 1.40. The first kappa shape index (κ1) is 27.4. The number of aromatic nitrogens is 1. The molecule has 2 atom stereocenters. The Labute approximate surface area is 239 Å². The molecule has 2 aromatic carbocycles. The van der Waals surface area contributed by atoms with Crippen LogP contribution in [0.5, 0.6) is 5.75 Å². The number of thiazole rings is 1. The highest BCUT2D eigenvalue weighted by Crippen LogP contribution is 2.44. The maximum absolute atomic E-state index is 13.1. The molecule has 1 aromatic heterocycles. The number of aliphatic hydroxyl groups is 2. The van der Waals surface area contributed by atoms with Gasteiger partial charge in [0.1, 0.15) is 23.5 Å². The summed E-state index contributed by atoms with van der Waals surface area (Å²) in [5.74, 6) is 0.685. The second-order valence-corrected chi connectivity index (χ2v) is 11.5. The number of nitrogens with one attached hydrogen (secondary N) is 1. The summed E-state index contributed by atoms with van der Waals surface area (Å²) in [6.45, 7) is -0.413. The SMILES string of the molecule is N#CC1=C(SCc2csc(-c3ccc(Cl)cc3)n2)NC2=C(C(=O)CCC2)C1c1ccc(OC[C@H](O)CO)cc1. The van der Waals surface area contributed by atoms with Crippen LogP contribution in [0.3, 0.4) is 0 Å². The average Bonchev–Trinajstić information content (AvgIpc) is 3.44. The summed E-state index contributed by atoms with van der Waals surface area (Å²) in [5.41, 5.74) is 4.77. The van der Waals surface area contributed by atoms with Gasteiger partial charge >= 0.3 is 0 Å². The zero-order chi connectivity index (χ0) is 27.4. The molecule has 2 heterocycles. The molecular weight excluding hydrogens is 554 g/mol. The quantitative estimate of drug-likeness (QED) is 0.302. The van der Waals surface area contributed by atoms with Crippen LogP contribution in [0.4, 0.5) is 0 Å². The zero-order valence-electron chi connectivity index (χ0n) is 20.9. The van der Waals surface area contributed by atoms with Gasteiger partial charge in [0, 0.05) is 39.4 Å². The standard InChI is InChI=1S/C29H26ClN3O4S2/c30-19-8-4-18(5-9-19)28-32-20(15-38-28)16-39-29-23(12-31)26(27-24(33-29)2-1-3-25(27)36)17-6-10-22(11-7-17)37-14-21(35)13-34/h4-11,15,21,26,33-35H,1-3,13-14,16H2/t21-,26?/m1/s1. The van der Waals surface area contributed by atoms with Crippen molar-refractivity contribution in [3.8, 4) is 22.4 Å². The van der Waals surface area contributed by atoms with Gasteiger partial charge in [0.15, 0.2) is 5.78 Å². The maximum Gasteiger partial charge on any atom is 0.161 e. The van der Waals surface area contributed by atoms with Crippen molar-refractivity contribution in [1.82, 2.24) is 10.3 Å². The summed E-state index contributed by atoms with van der Waals surface area (Å²) < 4.78 is 5.54. The maximum atomic E-state index is 13.1. The van der Waals surface area contributed by atoms with Crippen LogP contribution in [0.2, 0.25) is 5.02 Å². The molecule has 200 valence electrons. The van der Waals surface area contributed by atoms with Crippen LogP contribution in [0, 0.1) is 11.3 Å². The molecule has 39 heavy (non-hydrogen) atoms. The van der Waals surface area contributed by atoms with Gasteiger partial charge in [-0.3, -0.25) is 4.79 Å². The predicted octanol–water partition coefficient (Wildman–Crippen LogP) is 5.56. The molecule has 0 spiro atoms. The minimum atomic E-state index is -0.964. The van der Waals surface area contributed by atoms with Crippen LogP contribution in [-0.2, 0) is 10.5 Å². The van der Waals surface area contributed by atoms with E-state index in [9.17, 15) is 15.2 Å². The monoisotopic (exact) mass is 579 g/mol. The molecule has 0 fully saturated rings. The number of ether oxygens (including phenoxy) is 1. The number of thioether (sulfide) groups is 1. The minimum Gasteiger partial charge on any atom is -0.491 e. The number of Topliss-reactive ketones (excluding diaryl/α,β-unsaturated/α-hetero) is 1. The molecular formula is C29H26ClN3O4S2. The van der Waals surface area contributed by atoms with Gasteiger partial charge in [-0.15, -0.1) is 23.1 Å². The Morgan fingerprint density at radius 1 is 1.21 bits per heavy atom. The Bertz CT molecular complexity index is 1460. The van der Waals surface area contributed by atoms with Crippen LogP contribution in [0.25, 0.3) is 10.6 Å². The lowest BCUT2D eigenvalue weighted by molar-refractivity contribution is -0.116. The molecule has 0 bridgehead atoms. The molecule has 1 aliphatic carbocycles. The smallest absolute Gasteiger partial charge is 0.161 e. The lowest BCUT2D eigenvalue weighted by Crippen LogP contribution is -2.31. The van der Waals surface area contributed by atoms with E-state index in [1.807, 2.05) is 41.8 Å². The molecule has 0 radical (unpaired) electrons. The van der Waals surface area contributed by atoms with Gasteiger partial charge < -0.3 is 20.3 Å². The van der Waals surface area contributed by atoms with E-state index in [1.165, 1.54) is 11.8 Å². The second kappa shape index (κ2) is 12.4. The molecule has 10 heteroatoms. The number of carbonyl (C=O) groups excluding carboxylic acids is 1. The number of ketones is 1. The van der Waals surface area contributed by atoms with Crippen molar-refractivity contribution in [2.75, 3.05) is 13.2 Å². The summed E-state index contributed by atoms with van der Waals surface area (Å²) >= 11 is 9.09. The molecule has 3 N–H and O–H groups in total.